The minimum absolute atomic E-state index is 0.0834. The summed E-state index contributed by atoms with van der Waals surface area (Å²) in [6.07, 6.45) is 0. The number of rotatable bonds is 5. The van der Waals surface area contributed by atoms with Crippen LogP contribution >= 0.6 is 11.3 Å². The van der Waals surface area contributed by atoms with Crippen LogP contribution in [0.3, 0.4) is 0 Å². The molecule has 1 aliphatic heterocycles. The maximum atomic E-state index is 12.8. The number of thiazole rings is 1. The van der Waals surface area contributed by atoms with E-state index in [2.05, 4.69) is 20.3 Å². The number of amides is 1. The monoisotopic (exact) mass is 407 g/mol. The van der Waals surface area contributed by atoms with Gasteiger partial charge in [0.1, 0.15) is 11.5 Å². The van der Waals surface area contributed by atoms with Gasteiger partial charge in [0.2, 0.25) is 5.13 Å². The molecule has 0 radical (unpaired) electrons. The molecule has 1 aromatic heterocycles. The Labute approximate surface area is 170 Å². The zero-order valence-electron chi connectivity index (χ0n) is 15.7. The fraction of sp³-hybridized carbons (Fsp3) is 0.150. The number of azo groups is 1. The Morgan fingerprint density at radius 2 is 2.00 bits per heavy atom. The van der Waals surface area contributed by atoms with E-state index in [1.165, 1.54) is 28.5 Å². The summed E-state index contributed by atoms with van der Waals surface area (Å²) in [4.78, 5) is 17.3. The van der Waals surface area contributed by atoms with Gasteiger partial charge >= 0.3 is 0 Å². The molecule has 1 atom stereocenters. The van der Waals surface area contributed by atoms with Crippen LogP contribution in [0.5, 0.6) is 11.5 Å². The highest BCUT2D eigenvalue weighted by Gasteiger charge is 2.36. The van der Waals surface area contributed by atoms with E-state index in [9.17, 15) is 9.90 Å². The smallest absolute Gasteiger partial charge is 0.282 e. The molecule has 1 aliphatic rings. The van der Waals surface area contributed by atoms with E-state index in [0.717, 1.165) is 17.0 Å². The van der Waals surface area contributed by atoms with Crippen molar-refractivity contribution in [3.8, 4) is 22.8 Å². The van der Waals surface area contributed by atoms with Gasteiger partial charge < -0.3 is 9.84 Å². The first kappa shape index (κ1) is 18.8. The summed E-state index contributed by atoms with van der Waals surface area (Å²) < 4.78 is 5.17. The highest BCUT2D eigenvalue weighted by Crippen LogP contribution is 2.31. The Balaban J connectivity index is 1.53. The van der Waals surface area contributed by atoms with Gasteiger partial charge in [-0.2, -0.15) is 20.3 Å². The number of ether oxygens (including phenoxy) is 1. The molecule has 0 unspecified atom stereocenters. The number of methoxy groups -OCH3 is 1. The predicted octanol–water partition coefficient (Wildman–Crippen LogP) is 4.40. The molecule has 8 nitrogen and oxygen atoms in total. The van der Waals surface area contributed by atoms with Gasteiger partial charge in [-0.25, -0.2) is 4.98 Å². The fourth-order valence-electron chi connectivity index (χ4n) is 2.76. The van der Waals surface area contributed by atoms with E-state index in [1.54, 1.807) is 26.2 Å². The Morgan fingerprint density at radius 3 is 2.72 bits per heavy atom. The van der Waals surface area contributed by atoms with E-state index in [1.807, 2.05) is 29.6 Å². The summed E-state index contributed by atoms with van der Waals surface area (Å²) in [5.41, 5.74) is 2.65. The molecule has 0 aliphatic carbocycles. The van der Waals surface area contributed by atoms with E-state index in [4.69, 9.17) is 4.74 Å². The van der Waals surface area contributed by atoms with Gasteiger partial charge in [-0.15, -0.1) is 11.3 Å². The molecule has 0 bridgehead atoms. The van der Waals surface area contributed by atoms with Crippen LogP contribution in [-0.2, 0) is 4.79 Å². The van der Waals surface area contributed by atoms with Crippen molar-refractivity contribution in [2.24, 2.45) is 15.3 Å². The van der Waals surface area contributed by atoms with Crippen molar-refractivity contribution in [3.05, 3.63) is 53.9 Å². The lowest BCUT2D eigenvalue weighted by atomic mass is 10.2. The molecular weight excluding hydrogens is 390 g/mol. The van der Waals surface area contributed by atoms with Crippen LogP contribution in [0.25, 0.3) is 11.3 Å². The van der Waals surface area contributed by atoms with Crippen LogP contribution in [-0.4, -0.2) is 34.9 Å². The van der Waals surface area contributed by atoms with Gasteiger partial charge in [0.15, 0.2) is 6.04 Å². The number of anilines is 1. The van der Waals surface area contributed by atoms with Crippen LogP contribution in [0.2, 0.25) is 0 Å². The van der Waals surface area contributed by atoms with Gasteiger partial charge in [-0.1, -0.05) is 6.07 Å². The Hall–Kier alpha value is -3.59. The highest BCUT2D eigenvalue weighted by molar-refractivity contribution is 7.14. The first-order valence-corrected chi connectivity index (χ1v) is 9.62. The van der Waals surface area contributed by atoms with Crippen LogP contribution in [0.1, 0.15) is 6.92 Å². The number of hydrogen-bond acceptors (Lipinski definition) is 8. The van der Waals surface area contributed by atoms with E-state index in [-0.39, 0.29) is 11.7 Å². The van der Waals surface area contributed by atoms with Crippen molar-refractivity contribution in [3.63, 3.8) is 0 Å². The number of hydrogen-bond donors (Lipinski definition) is 1. The van der Waals surface area contributed by atoms with Gasteiger partial charge in [0, 0.05) is 17.0 Å². The summed E-state index contributed by atoms with van der Waals surface area (Å²) in [5.74, 6) is 0.529. The van der Waals surface area contributed by atoms with Crippen molar-refractivity contribution in [1.82, 2.24) is 4.98 Å². The summed E-state index contributed by atoms with van der Waals surface area (Å²) in [7, 11) is 1.61. The van der Waals surface area contributed by atoms with Crippen molar-refractivity contribution in [2.45, 2.75) is 13.0 Å². The first-order chi connectivity index (χ1) is 14.0. The minimum Gasteiger partial charge on any atom is -0.508 e. The van der Waals surface area contributed by atoms with Crippen molar-refractivity contribution in [1.29, 1.82) is 0 Å². The summed E-state index contributed by atoms with van der Waals surface area (Å²) in [6, 6.07) is 13.1. The van der Waals surface area contributed by atoms with E-state index < -0.39 is 6.04 Å². The lowest BCUT2D eigenvalue weighted by Gasteiger charge is -2.08. The second-order valence-electron chi connectivity index (χ2n) is 6.27. The number of carbonyl (C=O) groups excluding carboxylic acids is 1. The number of carbonyl (C=O) groups is 1. The molecule has 29 heavy (non-hydrogen) atoms. The highest BCUT2D eigenvalue weighted by atomic mass is 32.1. The largest absolute Gasteiger partial charge is 0.508 e. The SMILES string of the molecule is COc1ccc(-c2csc(N3N=C(C)[C@@H](N=Nc4cccc(O)c4)C3=O)n2)cc1. The summed E-state index contributed by atoms with van der Waals surface area (Å²) in [5, 5.41) is 25.6. The molecule has 146 valence electrons. The van der Waals surface area contributed by atoms with Gasteiger partial charge in [0.05, 0.1) is 24.2 Å². The molecule has 4 rings (SSSR count). The normalized spacial score (nSPS) is 16.5. The number of phenols is 1. The van der Waals surface area contributed by atoms with Gasteiger partial charge in [-0.05, 0) is 43.3 Å². The molecule has 0 saturated heterocycles. The number of phenolic OH excluding ortho intramolecular Hbond substituents is 1. The van der Waals surface area contributed by atoms with Gasteiger partial charge in [-0.3, -0.25) is 4.79 Å². The molecule has 0 fully saturated rings. The molecule has 1 amide bonds. The van der Waals surface area contributed by atoms with Crippen LogP contribution < -0.4 is 9.75 Å². The molecule has 9 heteroatoms. The zero-order valence-corrected chi connectivity index (χ0v) is 16.5. The number of nitrogens with zero attached hydrogens (tertiary/aromatic N) is 5. The molecule has 2 heterocycles. The third-order valence-corrected chi connectivity index (χ3v) is 5.09. The van der Waals surface area contributed by atoms with Crippen molar-refractivity contribution < 1.29 is 14.6 Å². The Morgan fingerprint density at radius 1 is 1.21 bits per heavy atom. The molecular formula is C20H17N5O3S. The van der Waals surface area contributed by atoms with Crippen molar-refractivity contribution in [2.75, 3.05) is 12.1 Å². The topological polar surface area (TPSA) is 99.7 Å². The third kappa shape index (κ3) is 3.85. The third-order valence-electron chi connectivity index (χ3n) is 4.27. The lowest BCUT2D eigenvalue weighted by Crippen LogP contribution is -2.29. The molecule has 1 N–H and O–H groups in total. The van der Waals surface area contributed by atoms with Crippen LogP contribution in [0, 0.1) is 0 Å². The maximum absolute atomic E-state index is 12.8. The molecule has 0 saturated carbocycles. The number of hydrazone groups is 1. The lowest BCUT2D eigenvalue weighted by molar-refractivity contribution is -0.117. The van der Waals surface area contributed by atoms with E-state index >= 15 is 0 Å². The minimum atomic E-state index is -0.814. The van der Waals surface area contributed by atoms with E-state index in [0.29, 0.717) is 16.5 Å². The Bertz CT molecular complexity index is 1110. The molecule has 0 spiro atoms. The van der Waals surface area contributed by atoms with Crippen LogP contribution in [0.15, 0.2) is 69.2 Å². The van der Waals surface area contributed by atoms with Crippen LogP contribution in [0.4, 0.5) is 10.8 Å². The van der Waals surface area contributed by atoms with Gasteiger partial charge in [0.25, 0.3) is 5.91 Å². The number of aromatic hydroxyl groups is 1. The number of aromatic nitrogens is 1. The Kier molecular flexibility index (Phi) is 5.05. The fourth-order valence-corrected chi connectivity index (χ4v) is 3.55. The quantitative estimate of drug-likeness (QED) is 0.634. The zero-order chi connectivity index (χ0) is 20.4. The standard InChI is InChI=1S/C20H17N5O3S/c1-12-18(23-22-14-4-3-5-15(26)10-14)19(27)25(24-12)20-21-17(11-29-20)13-6-8-16(28-2)9-7-13/h3-11,18,26H,1-2H3/t18-/m1/s1. The molecule has 2 aromatic carbocycles. The second kappa shape index (κ2) is 7.80. The first-order valence-electron chi connectivity index (χ1n) is 8.74. The van der Waals surface area contributed by atoms with Crippen molar-refractivity contribution >= 4 is 33.8 Å². The summed E-state index contributed by atoms with van der Waals surface area (Å²) >= 11 is 1.33. The average molecular weight is 407 g/mol. The second-order valence-corrected chi connectivity index (χ2v) is 7.11. The average Bonchev–Trinajstić information content (AvgIpc) is 3.32. The number of benzene rings is 2. The molecule has 3 aromatic rings. The maximum Gasteiger partial charge on any atom is 0.282 e. The predicted molar refractivity (Wildman–Crippen MR) is 111 cm³/mol. The summed E-state index contributed by atoms with van der Waals surface area (Å²) in [6.45, 7) is 1.72.